The molecule has 0 aliphatic rings. The molecule has 0 radical (unpaired) electrons. The highest BCUT2D eigenvalue weighted by Crippen LogP contribution is 2.18. The van der Waals surface area contributed by atoms with Crippen molar-refractivity contribution in [1.82, 2.24) is 15.3 Å². The molecule has 1 aromatic heterocycles. The lowest BCUT2D eigenvalue weighted by Gasteiger charge is -2.14. The van der Waals surface area contributed by atoms with Gasteiger partial charge in [-0.1, -0.05) is 13.3 Å². The summed E-state index contributed by atoms with van der Waals surface area (Å²) >= 11 is 0. The van der Waals surface area contributed by atoms with Gasteiger partial charge in [0.05, 0.1) is 5.69 Å². The van der Waals surface area contributed by atoms with Crippen LogP contribution in [0.1, 0.15) is 43.1 Å². The number of nitrogens with one attached hydrogen (secondary N) is 1. The fraction of sp³-hybridized carbons (Fsp3) is 0.667. The average Bonchev–Trinajstić information content (AvgIpc) is 2.25. The van der Waals surface area contributed by atoms with E-state index in [1.807, 2.05) is 20.0 Å². The van der Waals surface area contributed by atoms with E-state index in [2.05, 4.69) is 22.2 Å². The predicted molar refractivity (Wildman–Crippen MR) is 64.2 cm³/mol. The molecule has 1 unspecified atom stereocenters. The normalized spacial score (nSPS) is 12.8. The molecule has 1 atom stereocenters. The van der Waals surface area contributed by atoms with E-state index in [1.165, 1.54) is 0 Å². The van der Waals surface area contributed by atoms with Gasteiger partial charge in [0.1, 0.15) is 6.10 Å². The Kier molecular flexibility index (Phi) is 5.35. The molecule has 0 saturated heterocycles. The molecule has 16 heavy (non-hydrogen) atoms. The van der Waals surface area contributed by atoms with Gasteiger partial charge >= 0.3 is 0 Å². The summed E-state index contributed by atoms with van der Waals surface area (Å²) in [7, 11) is 3.63. The Bertz CT molecular complexity index is 328. The van der Waals surface area contributed by atoms with Crippen molar-refractivity contribution >= 4 is 0 Å². The number of aromatic nitrogens is 2. The van der Waals surface area contributed by atoms with Gasteiger partial charge < -0.3 is 10.1 Å². The van der Waals surface area contributed by atoms with Gasteiger partial charge in [0, 0.05) is 19.3 Å². The number of hydrogen-bond acceptors (Lipinski definition) is 4. The van der Waals surface area contributed by atoms with Gasteiger partial charge in [-0.05, 0) is 26.5 Å². The van der Waals surface area contributed by atoms with Crippen LogP contribution in [-0.2, 0) is 11.3 Å². The maximum atomic E-state index is 5.42. The first-order valence-corrected chi connectivity index (χ1v) is 5.73. The number of hydrogen-bond donors (Lipinski definition) is 1. The third-order valence-electron chi connectivity index (χ3n) is 2.41. The van der Waals surface area contributed by atoms with E-state index in [-0.39, 0.29) is 6.10 Å². The van der Waals surface area contributed by atoms with Gasteiger partial charge in [0.2, 0.25) is 0 Å². The molecule has 0 aliphatic carbocycles. The maximum absolute atomic E-state index is 5.42. The Morgan fingerprint density at radius 2 is 2.19 bits per heavy atom. The van der Waals surface area contributed by atoms with Gasteiger partial charge in [-0.25, -0.2) is 9.97 Å². The quantitative estimate of drug-likeness (QED) is 0.801. The van der Waals surface area contributed by atoms with E-state index in [1.54, 1.807) is 7.11 Å². The van der Waals surface area contributed by atoms with Gasteiger partial charge in [0.25, 0.3) is 0 Å². The Labute approximate surface area is 97.5 Å². The summed E-state index contributed by atoms with van der Waals surface area (Å²) in [4.78, 5) is 8.96. The van der Waals surface area contributed by atoms with Crippen LogP contribution in [0.2, 0.25) is 0 Å². The van der Waals surface area contributed by atoms with Crippen LogP contribution in [0.15, 0.2) is 6.07 Å². The van der Waals surface area contributed by atoms with E-state index in [4.69, 9.17) is 4.74 Å². The summed E-state index contributed by atoms with van der Waals surface area (Å²) < 4.78 is 5.42. The highest BCUT2D eigenvalue weighted by Gasteiger charge is 2.13. The molecule has 1 aromatic rings. The van der Waals surface area contributed by atoms with Crippen LogP contribution in [0.3, 0.4) is 0 Å². The molecule has 0 amide bonds. The minimum Gasteiger partial charge on any atom is -0.373 e. The van der Waals surface area contributed by atoms with Gasteiger partial charge in [-0.3, -0.25) is 0 Å². The SMILES string of the molecule is CCCC(OC)c1nc(C)cc(CNC)n1. The highest BCUT2D eigenvalue weighted by molar-refractivity contribution is 5.11. The van der Waals surface area contributed by atoms with Crippen LogP contribution in [0, 0.1) is 6.92 Å². The van der Waals surface area contributed by atoms with E-state index >= 15 is 0 Å². The van der Waals surface area contributed by atoms with Crippen molar-refractivity contribution in [3.05, 3.63) is 23.3 Å². The number of methoxy groups -OCH3 is 1. The topological polar surface area (TPSA) is 47.0 Å². The summed E-state index contributed by atoms with van der Waals surface area (Å²) in [5.74, 6) is 0.801. The summed E-state index contributed by atoms with van der Waals surface area (Å²) in [6, 6.07) is 2.00. The number of aryl methyl sites for hydroxylation is 1. The van der Waals surface area contributed by atoms with Crippen LogP contribution in [0.25, 0.3) is 0 Å². The van der Waals surface area contributed by atoms with Crippen molar-refractivity contribution in [3.8, 4) is 0 Å². The molecular formula is C12H21N3O. The van der Waals surface area contributed by atoms with E-state index < -0.39 is 0 Å². The second-order valence-corrected chi connectivity index (χ2v) is 3.90. The molecule has 0 bridgehead atoms. The second kappa shape index (κ2) is 6.55. The van der Waals surface area contributed by atoms with Crippen molar-refractivity contribution in [2.24, 2.45) is 0 Å². The average molecular weight is 223 g/mol. The molecule has 4 heteroatoms. The Hall–Kier alpha value is -1.00. The minimum absolute atomic E-state index is 0.0144. The largest absolute Gasteiger partial charge is 0.373 e. The van der Waals surface area contributed by atoms with E-state index in [0.717, 1.165) is 36.6 Å². The first-order chi connectivity index (χ1) is 7.71. The Morgan fingerprint density at radius 3 is 2.75 bits per heavy atom. The monoisotopic (exact) mass is 223 g/mol. The smallest absolute Gasteiger partial charge is 0.157 e. The predicted octanol–water partition coefficient (Wildman–Crippen LogP) is 1.99. The summed E-state index contributed by atoms with van der Waals surface area (Å²) in [6.07, 6.45) is 2.04. The zero-order valence-corrected chi connectivity index (χ0v) is 10.6. The van der Waals surface area contributed by atoms with Crippen molar-refractivity contribution in [1.29, 1.82) is 0 Å². The van der Waals surface area contributed by atoms with Crippen molar-refractivity contribution in [2.75, 3.05) is 14.2 Å². The van der Waals surface area contributed by atoms with E-state index in [9.17, 15) is 0 Å². The fourth-order valence-corrected chi connectivity index (χ4v) is 1.69. The Morgan fingerprint density at radius 1 is 1.44 bits per heavy atom. The van der Waals surface area contributed by atoms with E-state index in [0.29, 0.717) is 0 Å². The summed E-state index contributed by atoms with van der Waals surface area (Å²) in [5.41, 5.74) is 2.01. The van der Waals surface area contributed by atoms with Gasteiger partial charge in [-0.15, -0.1) is 0 Å². The second-order valence-electron chi connectivity index (χ2n) is 3.90. The van der Waals surface area contributed by atoms with Crippen molar-refractivity contribution in [3.63, 3.8) is 0 Å². The number of rotatable bonds is 6. The fourth-order valence-electron chi connectivity index (χ4n) is 1.69. The summed E-state index contributed by atoms with van der Waals surface area (Å²) in [6.45, 7) is 4.89. The highest BCUT2D eigenvalue weighted by atomic mass is 16.5. The van der Waals surface area contributed by atoms with Crippen LogP contribution in [-0.4, -0.2) is 24.1 Å². The standard InChI is InChI=1S/C12H21N3O/c1-5-6-11(16-4)12-14-9(2)7-10(15-12)8-13-3/h7,11,13H,5-6,8H2,1-4H3. The molecule has 1 rings (SSSR count). The maximum Gasteiger partial charge on any atom is 0.157 e. The van der Waals surface area contributed by atoms with Crippen LogP contribution < -0.4 is 5.32 Å². The lowest BCUT2D eigenvalue weighted by molar-refractivity contribution is 0.0872. The zero-order valence-electron chi connectivity index (χ0n) is 10.6. The third-order valence-corrected chi connectivity index (χ3v) is 2.41. The van der Waals surface area contributed by atoms with Crippen molar-refractivity contribution < 1.29 is 4.74 Å². The molecule has 1 heterocycles. The van der Waals surface area contributed by atoms with Crippen LogP contribution >= 0.6 is 0 Å². The zero-order chi connectivity index (χ0) is 12.0. The lowest BCUT2D eigenvalue weighted by atomic mass is 10.2. The molecular weight excluding hydrogens is 202 g/mol. The molecule has 0 saturated carbocycles. The molecule has 4 nitrogen and oxygen atoms in total. The van der Waals surface area contributed by atoms with Crippen molar-refractivity contribution in [2.45, 2.75) is 39.3 Å². The first kappa shape index (κ1) is 13.1. The van der Waals surface area contributed by atoms with Gasteiger partial charge in [-0.2, -0.15) is 0 Å². The molecule has 0 fully saturated rings. The number of ether oxygens (including phenoxy) is 1. The molecule has 1 N–H and O–H groups in total. The first-order valence-electron chi connectivity index (χ1n) is 5.73. The van der Waals surface area contributed by atoms with Gasteiger partial charge in [0.15, 0.2) is 5.82 Å². The Balaban J connectivity index is 2.92. The van der Waals surface area contributed by atoms with Crippen LogP contribution in [0.4, 0.5) is 0 Å². The number of nitrogens with zero attached hydrogens (tertiary/aromatic N) is 2. The summed E-state index contributed by atoms with van der Waals surface area (Å²) in [5, 5.41) is 3.10. The molecule has 0 aromatic carbocycles. The molecule has 90 valence electrons. The third kappa shape index (κ3) is 3.54. The molecule has 0 spiro atoms. The lowest BCUT2D eigenvalue weighted by Crippen LogP contribution is -2.13. The minimum atomic E-state index is 0.0144. The van der Waals surface area contributed by atoms with Crippen LogP contribution in [0.5, 0.6) is 0 Å². The molecule has 0 aliphatic heterocycles.